The van der Waals surface area contributed by atoms with Crippen molar-refractivity contribution in [1.29, 1.82) is 0 Å². The predicted molar refractivity (Wildman–Crippen MR) is 165 cm³/mol. The second-order valence-corrected chi connectivity index (χ2v) is 15.4. The minimum atomic E-state index is -1.45. The molecule has 0 amide bonds. The zero-order valence-electron chi connectivity index (χ0n) is 24.4. The molecule has 4 aliphatic carbocycles. The Morgan fingerprint density at radius 3 is 2.79 bits per heavy atom. The number of hydrogen-bond acceptors (Lipinski definition) is 9. The minimum Gasteiger partial charge on any atom is -0.457 e. The lowest BCUT2D eigenvalue weighted by Gasteiger charge is -2.60. The normalized spacial score (nSPS) is 36.5. The van der Waals surface area contributed by atoms with Crippen molar-refractivity contribution in [2.75, 3.05) is 5.75 Å². The van der Waals surface area contributed by atoms with Gasteiger partial charge in [0.15, 0.2) is 21.5 Å². The maximum atomic E-state index is 14.6. The van der Waals surface area contributed by atoms with Crippen molar-refractivity contribution in [1.82, 2.24) is 4.98 Å². The number of aliphatic hydroxyl groups is 1. The molecule has 43 heavy (non-hydrogen) atoms. The summed E-state index contributed by atoms with van der Waals surface area (Å²) in [7, 11) is 0. The van der Waals surface area contributed by atoms with Crippen LogP contribution in [0.15, 0.2) is 75.2 Å². The molecule has 3 aromatic rings. The first-order valence-corrected chi connectivity index (χ1v) is 16.8. The molecule has 0 bridgehead atoms. The zero-order valence-corrected chi connectivity index (χ0v) is 26.1. The van der Waals surface area contributed by atoms with Gasteiger partial charge in [-0.25, -0.2) is 9.78 Å². The maximum Gasteiger partial charge on any atom is 0.375 e. The van der Waals surface area contributed by atoms with Gasteiger partial charge in [0, 0.05) is 22.7 Å². The first kappa shape index (κ1) is 28.7. The van der Waals surface area contributed by atoms with Gasteiger partial charge >= 0.3 is 5.97 Å². The number of fused-ring (bicyclic) bond motifs is 6. The summed E-state index contributed by atoms with van der Waals surface area (Å²) < 4.78 is 13.7. The first-order valence-electron chi connectivity index (χ1n) is 15.0. The standard InChI is InChI=1S/C34H35NO6S2/c1-19-15-23-22-11-10-20-16-21(36)12-13-32(20,2)29(22)25(37)17-33(23,3)34(19,41-30(39)26-8-6-14-40-26)28(38)18-42-31-35-24-7-4-5-9-27(24)43-31/h4-9,12-14,16,19,22-23,25,29,37H,10-11,15,17-18H2,1-3H3/t19-,22?,23?,25?,29?,32?,33?,34+/m1/s1. The van der Waals surface area contributed by atoms with Crippen LogP contribution in [0.25, 0.3) is 10.2 Å². The van der Waals surface area contributed by atoms with Crippen LogP contribution in [-0.2, 0) is 14.3 Å². The molecule has 7 nitrogen and oxygen atoms in total. The van der Waals surface area contributed by atoms with Gasteiger partial charge in [-0.1, -0.05) is 56.3 Å². The van der Waals surface area contributed by atoms with E-state index in [-0.39, 0.29) is 46.8 Å². The molecule has 6 unspecified atom stereocenters. The number of aromatic nitrogens is 1. The molecule has 0 saturated heterocycles. The Hall–Kier alpha value is -3.01. The number of allylic oxidation sites excluding steroid dienone is 4. The van der Waals surface area contributed by atoms with E-state index in [2.05, 4.69) is 6.92 Å². The average molecular weight is 618 g/mol. The highest BCUT2D eigenvalue weighted by atomic mass is 32.2. The Bertz CT molecular complexity index is 1640. The number of ketones is 2. The minimum absolute atomic E-state index is 0.00405. The van der Waals surface area contributed by atoms with E-state index < -0.39 is 28.5 Å². The Kier molecular flexibility index (Phi) is 6.87. The number of esters is 1. The van der Waals surface area contributed by atoms with Gasteiger partial charge in [0.2, 0.25) is 5.76 Å². The second-order valence-electron chi connectivity index (χ2n) is 13.1. The number of thiazole rings is 1. The molecule has 0 spiro atoms. The number of rotatable bonds is 6. The quantitative estimate of drug-likeness (QED) is 0.241. The van der Waals surface area contributed by atoms with E-state index in [1.165, 1.54) is 18.0 Å². The van der Waals surface area contributed by atoms with Gasteiger partial charge in [-0.15, -0.1) is 11.3 Å². The second kappa shape index (κ2) is 10.3. The van der Waals surface area contributed by atoms with Crippen molar-refractivity contribution in [3.05, 3.63) is 72.2 Å². The Balaban J connectivity index is 1.26. The van der Waals surface area contributed by atoms with Crippen molar-refractivity contribution >= 4 is 50.9 Å². The summed E-state index contributed by atoms with van der Waals surface area (Å²) in [5, 5.41) is 12.0. The molecule has 0 radical (unpaired) electrons. The number of carbonyl (C=O) groups is 3. The molecular weight excluding hydrogens is 583 g/mol. The molecule has 4 aliphatic rings. The van der Waals surface area contributed by atoms with E-state index in [1.54, 1.807) is 35.6 Å². The van der Waals surface area contributed by atoms with Crippen LogP contribution < -0.4 is 0 Å². The molecule has 0 aliphatic heterocycles. The van der Waals surface area contributed by atoms with Gasteiger partial charge in [-0.3, -0.25) is 9.59 Å². The van der Waals surface area contributed by atoms with Crippen LogP contribution in [0.4, 0.5) is 0 Å². The molecule has 3 saturated carbocycles. The summed E-state index contributed by atoms with van der Waals surface area (Å²) in [6.07, 6.45) is 8.62. The van der Waals surface area contributed by atoms with E-state index in [0.29, 0.717) is 12.8 Å². The Morgan fingerprint density at radius 1 is 1.21 bits per heavy atom. The monoisotopic (exact) mass is 617 g/mol. The van der Waals surface area contributed by atoms with Gasteiger partial charge in [-0.2, -0.15) is 0 Å². The number of nitrogens with zero attached hydrogens (tertiary/aromatic N) is 1. The smallest absolute Gasteiger partial charge is 0.375 e. The number of furan rings is 1. The number of benzene rings is 1. The third kappa shape index (κ3) is 4.25. The molecular formula is C34H35NO6S2. The fourth-order valence-corrected chi connectivity index (χ4v) is 11.3. The molecule has 2 aromatic heterocycles. The highest BCUT2D eigenvalue weighted by Crippen LogP contribution is 2.69. The Labute approximate surface area is 258 Å². The van der Waals surface area contributed by atoms with Gasteiger partial charge in [0.25, 0.3) is 0 Å². The van der Waals surface area contributed by atoms with Crippen molar-refractivity contribution in [2.45, 2.75) is 62.5 Å². The van der Waals surface area contributed by atoms with Gasteiger partial charge in [-0.05, 0) is 73.9 Å². The molecule has 1 N–H and O–H groups in total. The fraction of sp³-hybridized carbons (Fsp3) is 0.471. The van der Waals surface area contributed by atoms with Crippen molar-refractivity contribution in [3.63, 3.8) is 0 Å². The largest absolute Gasteiger partial charge is 0.457 e. The number of aliphatic hydroxyl groups excluding tert-OH is 1. The van der Waals surface area contributed by atoms with Crippen LogP contribution in [0, 0.1) is 34.5 Å². The first-order chi connectivity index (χ1) is 20.6. The van der Waals surface area contributed by atoms with E-state index in [0.717, 1.165) is 33.0 Å². The third-order valence-corrected chi connectivity index (χ3v) is 13.2. The van der Waals surface area contributed by atoms with Crippen LogP contribution in [0.5, 0.6) is 0 Å². The lowest BCUT2D eigenvalue weighted by Crippen LogP contribution is -2.64. The zero-order chi connectivity index (χ0) is 30.1. The van der Waals surface area contributed by atoms with E-state index >= 15 is 0 Å². The highest BCUT2D eigenvalue weighted by molar-refractivity contribution is 8.01. The number of para-hydroxylation sites is 1. The summed E-state index contributed by atoms with van der Waals surface area (Å²) in [6.45, 7) is 6.19. The van der Waals surface area contributed by atoms with E-state index in [9.17, 15) is 19.5 Å². The van der Waals surface area contributed by atoms with Crippen molar-refractivity contribution in [2.24, 2.45) is 34.5 Å². The van der Waals surface area contributed by atoms with Crippen molar-refractivity contribution < 1.29 is 28.6 Å². The van der Waals surface area contributed by atoms with Crippen LogP contribution in [0.1, 0.15) is 57.0 Å². The summed E-state index contributed by atoms with van der Waals surface area (Å²) in [6, 6.07) is 11.1. The molecule has 8 atom stereocenters. The van der Waals surface area contributed by atoms with Gasteiger partial charge in [0.1, 0.15) is 0 Å². The summed E-state index contributed by atoms with van der Waals surface area (Å²) in [5.74, 6) is -0.903. The molecule has 3 fully saturated rings. The maximum absolute atomic E-state index is 14.6. The van der Waals surface area contributed by atoms with Crippen LogP contribution in [-0.4, -0.2) is 45.1 Å². The summed E-state index contributed by atoms with van der Waals surface area (Å²) in [5.41, 5.74) is -0.710. The number of Topliss-reactive ketones (excluding diaryl/α,β-unsaturated/α-hetero) is 1. The van der Waals surface area contributed by atoms with Crippen LogP contribution in [0.2, 0.25) is 0 Å². The molecule has 7 rings (SSSR count). The van der Waals surface area contributed by atoms with Gasteiger partial charge in [0.05, 0.1) is 28.3 Å². The predicted octanol–water partition coefficient (Wildman–Crippen LogP) is 6.67. The van der Waals surface area contributed by atoms with E-state index in [4.69, 9.17) is 14.1 Å². The SMILES string of the molecule is C[C@@H]1CC2C3CCC4=CC(=O)C=CC4(C)C3C(O)CC2(C)[C@@]1(OC(=O)c1ccco1)C(=O)CSc1nc2ccccc2s1. The lowest BCUT2D eigenvalue weighted by molar-refractivity contribution is -0.181. The lowest BCUT2D eigenvalue weighted by atomic mass is 9.46. The summed E-state index contributed by atoms with van der Waals surface area (Å²) in [4.78, 5) is 45.1. The van der Waals surface area contributed by atoms with Crippen LogP contribution >= 0.6 is 23.1 Å². The number of thioether (sulfide) groups is 1. The number of hydrogen-bond donors (Lipinski definition) is 1. The molecule has 9 heteroatoms. The number of ether oxygens (including phenoxy) is 1. The van der Waals surface area contributed by atoms with Crippen LogP contribution in [0.3, 0.4) is 0 Å². The topological polar surface area (TPSA) is 107 Å². The molecule has 2 heterocycles. The Morgan fingerprint density at radius 2 is 2.02 bits per heavy atom. The average Bonchev–Trinajstić information content (AvgIpc) is 3.70. The van der Waals surface area contributed by atoms with Crippen molar-refractivity contribution in [3.8, 4) is 0 Å². The molecule has 224 valence electrons. The van der Waals surface area contributed by atoms with E-state index in [1.807, 2.05) is 44.2 Å². The fourth-order valence-electron chi connectivity index (χ4n) is 9.25. The molecule has 1 aromatic carbocycles. The van der Waals surface area contributed by atoms with Gasteiger partial charge < -0.3 is 14.3 Å². The summed E-state index contributed by atoms with van der Waals surface area (Å²) >= 11 is 2.92. The third-order valence-electron chi connectivity index (χ3n) is 11.0. The number of carbonyl (C=O) groups excluding carboxylic acids is 3. The highest BCUT2D eigenvalue weighted by Gasteiger charge is 2.72.